The normalized spacial score (nSPS) is 16.1. The number of carbonyl (C=O) groups excluding carboxylic acids is 1. The van der Waals surface area contributed by atoms with Gasteiger partial charge in [-0.05, 0) is 12.1 Å². The lowest BCUT2D eigenvalue weighted by Gasteiger charge is -2.23. The highest BCUT2D eigenvalue weighted by molar-refractivity contribution is 5.95. The van der Waals surface area contributed by atoms with Crippen molar-refractivity contribution in [1.29, 1.82) is 0 Å². The van der Waals surface area contributed by atoms with Crippen molar-refractivity contribution in [3.63, 3.8) is 0 Å². The maximum absolute atomic E-state index is 13.5. The molecule has 1 aromatic rings. The summed E-state index contributed by atoms with van der Waals surface area (Å²) in [7, 11) is 0. The van der Waals surface area contributed by atoms with E-state index in [2.05, 4.69) is 5.32 Å². The number of aromatic carboxylic acids is 1. The van der Waals surface area contributed by atoms with Gasteiger partial charge < -0.3 is 15.3 Å². The Balaban J connectivity index is 2.35. The number of nitrogens with zero attached hydrogens (tertiary/aromatic N) is 1. The fourth-order valence-corrected chi connectivity index (χ4v) is 2.00. The first-order valence-corrected chi connectivity index (χ1v) is 5.63. The molecular weight excluding hydrogens is 239 g/mol. The van der Waals surface area contributed by atoms with E-state index < -0.39 is 11.8 Å². The van der Waals surface area contributed by atoms with Crippen molar-refractivity contribution in [2.24, 2.45) is 0 Å². The number of carboxylic acid groups (broad SMARTS) is 1. The Bertz CT molecular complexity index is 490. The van der Waals surface area contributed by atoms with Gasteiger partial charge in [0.2, 0.25) is 5.91 Å². The Morgan fingerprint density at radius 3 is 2.89 bits per heavy atom. The molecule has 0 spiro atoms. The SMILES string of the molecule is O=C1CCN(c2cccc(F)c2C(=O)O)CCN1. The Morgan fingerprint density at radius 1 is 1.39 bits per heavy atom. The molecule has 0 radical (unpaired) electrons. The minimum absolute atomic E-state index is 0.0780. The van der Waals surface area contributed by atoms with Crippen LogP contribution >= 0.6 is 0 Å². The molecule has 1 saturated heterocycles. The van der Waals surface area contributed by atoms with Crippen LogP contribution in [0.15, 0.2) is 18.2 Å². The summed E-state index contributed by atoms with van der Waals surface area (Å²) in [5, 5.41) is 11.7. The van der Waals surface area contributed by atoms with Crippen LogP contribution < -0.4 is 10.2 Å². The van der Waals surface area contributed by atoms with Gasteiger partial charge >= 0.3 is 5.97 Å². The lowest BCUT2D eigenvalue weighted by Crippen LogP contribution is -2.29. The monoisotopic (exact) mass is 252 g/mol. The summed E-state index contributed by atoms with van der Waals surface area (Å²) >= 11 is 0. The molecule has 1 amide bonds. The molecule has 0 bridgehead atoms. The van der Waals surface area contributed by atoms with Crippen LogP contribution in [0.4, 0.5) is 10.1 Å². The first-order valence-electron chi connectivity index (χ1n) is 5.63. The summed E-state index contributed by atoms with van der Waals surface area (Å²) in [6, 6.07) is 4.15. The summed E-state index contributed by atoms with van der Waals surface area (Å²) in [4.78, 5) is 24.0. The highest BCUT2D eigenvalue weighted by Gasteiger charge is 2.22. The number of hydrogen-bond acceptors (Lipinski definition) is 3. The number of carbonyl (C=O) groups is 2. The highest BCUT2D eigenvalue weighted by atomic mass is 19.1. The lowest BCUT2D eigenvalue weighted by molar-refractivity contribution is -0.120. The van der Waals surface area contributed by atoms with Gasteiger partial charge in [0.05, 0.1) is 5.69 Å². The van der Waals surface area contributed by atoms with Crippen LogP contribution in [0, 0.1) is 5.82 Å². The first-order chi connectivity index (χ1) is 8.59. The van der Waals surface area contributed by atoms with Gasteiger partial charge in [0.25, 0.3) is 0 Å². The lowest BCUT2D eigenvalue weighted by atomic mass is 10.1. The number of nitrogens with one attached hydrogen (secondary N) is 1. The van der Waals surface area contributed by atoms with E-state index in [0.29, 0.717) is 25.3 Å². The molecule has 18 heavy (non-hydrogen) atoms. The molecule has 0 aromatic heterocycles. The zero-order chi connectivity index (χ0) is 13.1. The third kappa shape index (κ3) is 2.42. The molecule has 1 fully saturated rings. The molecule has 1 heterocycles. The van der Waals surface area contributed by atoms with Crippen LogP contribution in [0.2, 0.25) is 0 Å². The topological polar surface area (TPSA) is 69.6 Å². The standard InChI is InChI=1S/C12H13FN2O3/c13-8-2-1-3-9(11(8)12(17)18)15-6-4-10(16)14-5-7-15/h1-3H,4-7H2,(H,14,16)(H,17,18). The maximum atomic E-state index is 13.5. The van der Waals surface area contributed by atoms with Crippen molar-refractivity contribution >= 4 is 17.6 Å². The van der Waals surface area contributed by atoms with Gasteiger partial charge in [0.1, 0.15) is 11.4 Å². The summed E-state index contributed by atoms with van der Waals surface area (Å²) in [5.74, 6) is -2.14. The summed E-state index contributed by atoms with van der Waals surface area (Å²) < 4.78 is 13.5. The van der Waals surface area contributed by atoms with E-state index >= 15 is 0 Å². The van der Waals surface area contributed by atoms with Crippen LogP contribution in [-0.2, 0) is 4.79 Å². The number of anilines is 1. The van der Waals surface area contributed by atoms with Gasteiger partial charge in [-0.2, -0.15) is 0 Å². The highest BCUT2D eigenvalue weighted by Crippen LogP contribution is 2.23. The van der Waals surface area contributed by atoms with Gasteiger partial charge in [-0.3, -0.25) is 4.79 Å². The van der Waals surface area contributed by atoms with Gasteiger partial charge in [0.15, 0.2) is 0 Å². The largest absolute Gasteiger partial charge is 0.478 e. The Labute approximate surface area is 103 Å². The molecule has 1 aliphatic heterocycles. The third-order valence-electron chi connectivity index (χ3n) is 2.86. The second-order valence-corrected chi connectivity index (χ2v) is 4.03. The minimum Gasteiger partial charge on any atom is -0.478 e. The summed E-state index contributed by atoms with van der Waals surface area (Å²) in [6.07, 6.45) is 0.273. The molecule has 6 heteroatoms. The molecule has 5 nitrogen and oxygen atoms in total. The number of hydrogen-bond donors (Lipinski definition) is 2. The van der Waals surface area contributed by atoms with E-state index in [9.17, 15) is 14.0 Å². The van der Waals surface area contributed by atoms with Crippen LogP contribution in [0.5, 0.6) is 0 Å². The van der Waals surface area contributed by atoms with Crippen molar-refractivity contribution in [3.05, 3.63) is 29.6 Å². The molecular formula is C12H13FN2O3. The van der Waals surface area contributed by atoms with E-state index in [1.54, 1.807) is 11.0 Å². The van der Waals surface area contributed by atoms with Crippen LogP contribution in [0.1, 0.15) is 16.8 Å². The number of rotatable bonds is 2. The molecule has 2 rings (SSSR count). The average molecular weight is 252 g/mol. The summed E-state index contributed by atoms with van der Waals surface area (Å²) in [5.41, 5.74) is -0.0224. The molecule has 1 aliphatic rings. The third-order valence-corrected chi connectivity index (χ3v) is 2.86. The second-order valence-electron chi connectivity index (χ2n) is 4.03. The van der Waals surface area contributed by atoms with Crippen LogP contribution in [0.3, 0.4) is 0 Å². The first kappa shape index (κ1) is 12.3. The molecule has 0 atom stereocenters. The van der Waals surface area contributed by atoms with E-state index in [4.69, 9.17) is 5.11 Å². The summed E-state index contributed by atoms with van der Waals surface area (Å²) in [6.45, 7) is 1.28. The molecule has 0 aliphatic carbocycles. The van der Waals surface area contributed by atoms with Crippen molar-refractivity contribution < 1.29 is 19.1 Å². The quantitative estimate of drug-likeness (QED) is 0.818. The molecule has 2 N–H and O–H groups in total. The number of amides is 1. The van der Waals surface area contributed by atoms with E-state index in [1.807, 2.05) is 0 Å². The van der Waals surface area contributed by atoms with Gasteiger partial charge in [0, 0.05) is 26.1 Å². The zero-order valence-electron chi connectivity index (χ0n) is 9.65. The van der Waals surface area contributed by atoms with E-state index in [1.165, 1.54) is 6.07 Å². The zero-order valence-corrected chi connectivity index (χ0v) is 9.65. The molecule has 0 unspecified atom stereocenters. The second kappa shape index (κ2) is 5.03. The minimum atomic E-state index is -1.30. The number of carboxylic acids is 1. The molecule has 1 aromatic carbocycles. The van der Waals surface area contributed by atoms with Crippen molar-refractivity contribution in [3.8, 4) is 0 Å². The Morgan fingerprint density at radius 2 is 2.17 bits per heavy atom. The Kier molecular flexibility index (Phi) is 3.45. The smallest absolute Gasteiger partial charge is 0.340 e. The van der Waals surface area contributed by atoms with E-state index in [0.717, 1.165) is 6.07 Å². The van der Waals surface area contributed by atoms with Gasteiger partial charge in [-0.15, -0.1) is 0 Å². The fraction of sp³-hybridized carbons (Fsp3) is 0.333. The van der Waals surface area contributed by atoms with Gasteiger partial charge in [-0.1, -0.05) is 6.07 Å². The molecule has 0 saturated carbocycles. The molecule has 96 valence electrons. The predicted octanol–water partition coefficient (Wildman–Crippen LogP) is 0.850. The predicted molar refractivity (Wildman–Crippen MR) is 63.2 cm³/mol. The number of benzene rings is 1. The van der Waals surface area contributed by atoms with E-state index in [-0.39, 0.29) is 17.9 Å². The van der Waals surface area contributed by atoms with Crippen molar-refractivity contribution in [1.82, 2.24) is 5.32 Å². The maximum Gasteiger partial charge on any atom is 0.340 e. The number of halogens is 1. The Hall–Kier alpha value is -2.11. The van der Waals surface area contributed by atoms with Crippen molar-refractivity contribution in [2.75, 3.05) is 24.5 Å². The van der Waals surface area contributed by atoms with Crippen LogP contribution in [-0.4, -0.2) is 36.6 Å². The van der Waals surface area contributed by atoms with Crippen molar-refractivity contribution in [2.45, 2.75) is 6.42 Å². The van der Waals surface area contributed by atoms with Gasteiger partial charge in [-0.25, -0.2) is 9.18 Å². The fourth-order valence-electron chi connectivity index (χ4n) is 2.00. The van der Waals surface area contributed by atoms with Crippen LogP contribution in [0.25, 0.3) is 0 Å². The average Bonchev–Trinajstić information content (AvgIpc) is 2.53.